The van der Waals surface area contributed by atoms with Crippen molar-refractivity contribution in [2.24, 2.45) is 0 Å². The molecule has 0 aliphatic rings. The minimum atomic E-state index is -1.29. The second kappa shape index (κ2) is 42.1. The molecule has 12 aromatic heterocycles. The number of thiazole rings is 1. The summed E-state index contributed by atoms with van der Waals surface area (Å²) in [5, 5.41) is 21.1. The summed E-state index contributed by atoms with van der Waals surface area (Å²) in [6.45, 7) is 5.54. The Labute approximate surface area is 735 Å². The zero-order valence-electron chi connectivity index (χ0n) is 65.5. The number of nitrogens with zero attached hydrogens (tertiary/aromatic N) is 5. The van der Waals surface area contributed by atoms with Crippen molar-refractivity contribution in [3.8, 4) is 86.9 Å². The van der Waals surface area contributed by atoms with E-state index in [1.54, 1.807) is 52.3 Å². The van der Waals surface area contributed by atoms with Crippen LogP contribution in [0.1, 0.15) is 76.1 Å². The Balaban J connectivity index is 0.000000138. The number of carbonyl (C=O) groups is 3. The van der Waals surface area contributed by atoms with Crippen molar-refractivity contribution in [2.75, 3.05) is 72.9 Å². The largest absolute Gasteiger partial charge is 0.466 e. The van der Waals surface area contributed by atoms with Crippen molar-refractivity contribution in [1.82, 2.24) is 24.9 Å². The van der Waals surface area contributed by atoms with Gasteiger partial charge in [-0.3, -0.25) is 26.4 Å². The Bertz CT molecular complexity index is 6300. The number of unbranched alkanes of at least 4 members (excludes halogenated alkanes) is 3. The number of aliphatic hydroxyl groups excluding tert-OH is 1. The summed E-state index contributed by atoms with van der Waals surface area (Å²) in [6, 6.07) is 57.7. The van der Waals surface area contributed by atoms with Gasteiger partial charge in [-0.2, -0.15) is 0 Å². The number of carbonyl (C=O) groups excluding carboxylic acids is 3. The first-order valence-electron chi connectivity index (χ1n) is 38.0. The SMILES string of the molecule is CC(=O)OCCCCS(=O)c1sc2nc(-c3cccs3)cc(-c3ccccc3)c2c1N.CC(=O)OCCCS(=O)c1sc2nc(-c3cccs3)cc(-c3ccccc3)c2c1N.CCCCS(=O)c1sc2nc(-c3nccs3)cc(-c3ccc(C(=O)OC)cc3)c2c1N.Nc1c(S(=O)CCCCO)sc2nc(-c3cccs3)cc(-c3ccccc3)c12. The third-order valence-corrected chi connectivity index (χ3v) is 34.0. The van der Waals surface area contributed by atoms with Gasteiger partial charge in [-0.25, -0.2) is 29.7 Å². The maximum absolute atomic E-state index is 13.0. The number of thiophene rings is 7. The van der Waals surface area contributed by atoms with E-state index in [0.29, 0.717) is 107 Å². The number of rotatable bonds is 29. The molecule has 9 N–H and O–H groups in total. The molecule has 618 valence electrons. The number of aliphatic hydroxyl groups is 1. The van der Waals surface area contributed by atoms with E-state index in [9.17, 15) is 31.2 Å². The van der Waals surface area contributed by atoms with Gasteiger partial charge in [-0.1, -0.05) is 135 Å². The van der Waals surface area contributed by atoms with Gasteiger partial charge in [0.15, 0.2) is 0 Å². The fourth-order valence-electron chi connectivity index (χ4n) is 12.8. The number of hydrogen-bond donors (Lipinski definition) is 5. The molecule has 12 heterocycles. The number of hydrogen-bond acceptors (Lipinski definition) is 28. The van der Waals surface area contributed by atoms with Crippen LogP contribution in [0.3, 0.4) is 0 Å². The minimum Gasteiger partial charge on any atom is -0.466 e. The first-order valence-corrected chi connectivity index (χ1v) is 50.1. The summed E-state index contributed by atoms with van der Waals surface area (Å²) in [4.78, 5) is 63.7. The monoisotopic (exact) mass is 1830 g/mol. The quantitative estimate of drug-likeness (QED) is 0.0165. The summed E-state index contributed by atoms with van der Waals surface area (Å²) in [7, 11) is -3.52. The fourth-order valence-corrected chi connectivity index (χ4v) is 26.3. The summed E-state index contributed by atoms with van der Waals surface area (Å²) in [5.74, 6) is 0.903. The Morgan fingerprint density at radius 3 is 1.07 bits per heavy atom. The summed E-state index contributed by atoms with van der Waals surface area (Å²) < 4.78 is 68.9. The molecule has 0 radical (unpaired) electrons. The van der Waals surface area contributed by atoms with E-state index in [-0.39, 0.29) is 25.2 Å². The molecular weight excluding hydrogens is 1740 g/mol. The van der Waals surface area contributed by atoms with Gasteiger partial charge >= 0.3 is 17.9 Å². The van der Waals surface area contributed by atoms with Crippen molar-refractivity contribution in [1.29, 1.82) is 0 Å². The van der Waals surface area contributed by atoms with Crippen LogP contribution in [0.5, 0.6) is 0 Å². The molecule has 16 aromatic rings. The highest BCUT2D eigenvalue weighted by molar-refractivity contribution is 7.88. The summed E-state index contributed by atoms with van der Waals surface area (Å²) >= 11 is 12.0. The Morgan fingerprint density at radius 2 is 0.742 bits per heavy atom. The van der Waals surface area contributed by atoms with E-state index in [1.807, 2.05) is 137 Å². The molecule has 0 amide bonds. The second-order valence-corrected chi connectivity index (χ2v) is 41.6. The molecule has 0 spiro atoms. The number of nitrogen functional groups attached to an aromatic ring is 4. The molecule has 4 atom stereocenters. The molecule has 0 aliphatic heterocycles. The first kappa shape index (κ1) is 88.0. The van der Waals surface area contributed by atoms with Gasteiger partial charge in [0, 0.05) is 76.6 Å². The van der Waals surface area contributed by atoms with Gasteiger partial charge < -0.3 is 42.3 Å². The zero-order valence-corrected chi connectivity index (χ0v) is 75.3. The Morgan fingerprint density at radius 1 is 0.400 bits per heavy atom. The predicted molar refractivity (Wildman–Crippen MR) is 504 cm³/mol. The van der Waals surface area contributed by atoms with Gasteiger partial charge in [0.1, 0.15) is 46.9 Å². The van der Waals surface area contributed by atoms with Crippen LogP contribution in [0, 0.1) is 0 Å². The standard InChI is InChI=1S/C23H22N2O3S3.C22H21N3O3S3.C22H20N2O3S3.C21H20N2O2S3/c1-15(26)28-11-5-6-13-31(27)23-21(24)20-17(16-8-3-2-4-9-16)14-18(25-22(20)30-23)19-10-7-12-29-19;1-3-4-11-31(27)22-18(23)17-15(13-5-7-14(8-6-13)21(26)28-2)12-16(25-20(17)30-22)19-24-9-10-29-19;1-14(25)27-10-6-12-30(26)22-20(23)19-16(15-7-3-2-4-8-15)13-17(24-21(19)29-22)18-9-5-11-28-18;22-19-18-15(14-7-2-1-3-8-14)13-16(17-9-6-11-26-17)23-20(18)27-21(19)28(25)12-5-4-10-24/h2-4,7-10,12,14H,5-6,11,13,24H2,1H3;5-10,12H,3-4,11,23H2,1-2H3;2-5,7-9,11,13H,6,10,12,23H2,1H3;1-3,6-9,11,13,24H,4-5,10,12,22H2. The number of pyridine rings is 4. The van der Waals surface area contributed by atoms with Crippen LogP contribution < -0.4 is 22.9 Å². The van der Waals surface area contributed by atoms with Crippen molar-refractivity contribution < 1.29 is 50.5 Å². The number of methoxy groups -OCH3 is 1. The normalized spacial score (nSPS) is 12.2. The Kier molecular flexibility index (Phi) is 30.9. The highest BCUT2D eigenvalue weighted by Crippen LogP contribution is 2.48. The molecule has 0 fully saturated rings. The third-order valence-electron chi connectivity index (χ3n) is 18.6. The molecule has 20 nitrogen and oxygen atoms in total. The molecule has 0 bridgehead atoms. The van der Waals surface area contributed by atoms with E-state index in [4.69, 9.17) is 62.2 Å². The van der Waals surface area contributed by atoms with E-state index in [1.165, 1.54) is 77.6 Å². The molecule has 0 saturated carbocycles. The summed E-state index contributed by atoms with van der Waals surface area (Å²) in [5.41, 5.74) is 39.9. The van der Waals surface area contributed by atoms with Crippen molar-refractivity contribution in [3.05, 3.63) is 209 Å². The first-order chi connectivity index (χ1) is 58.3. The lowest BCUT2D eigenvalue weighted by Gasteiger charge is -2.08. The smallest absolute Gasteiger partial charge is 0.337 e. The summed E-state index contributed by atoms with van der Waals surface area (Å²) in [6.07, 6.45) is 6.81. The van der Waals surface area contributed by atoms with Crippen LogP contribution in [0.2, 0.25) is 0 Å². The van der Waals surface area contributed by atoms with E-state index in [0.717, 1.165) is 141 Å². The number of nitrogens with two attached hydrogens (primary N) is 4. The van der Waals surface area contributed by atoms with Gasteiger partial charge in [0.25, 0.3) is 0 Å². The lowest BCUT2D eigenvalue weighted by Crippen LogP contribution is -2.06. The van der Waals surface area contributed by atoms with E-state index >= 15 is 0 Å². The van der Waals surface area contributed by atoms with Gasteiger partial charge in [-0.05, 0) is 154 Å². The zero-order chi connectivity index (χ0) is 84.3. The number of ether oxygens (including phenoxy) is 3. The number of esters is 3. The van der Waals surface area contributed by atoms with Gasteiger partial charge in [0.2, 0.25) is 0 Å². The number of anilines is 4. The minimum absolute atomic E-state index is 0.114. The number of aromatic nitrogens is 5. The lowest BCUT2D eigenvalue weighted by molar-refractivity contribution is -0.141. The average molecular weight is 1830 g/mol. The molecule has 120 heavy (non-hydrogen) atoms. The lowest BCUT2D eigenvalue weighted by atomic mass is 10.0. The molecule has 16 rings (SSSR count). The van der Waals surface area contributed by atoms with Gasteiger partial charge in [-0.15, -0.1) is 90.7 Å². The maximum Gasteiger partial charge on any atom is 0.337 e. The molecule has 4 aromatic carbocycles. The van der Waals surface area contributed by atoms with Crippen LogP contribution in [-0.4, -0.2) is 115 Å². The number of fused-ring (bicyclic) bond motifs is 4. The molecule has 0 saturated heterocycles. The van der Waals surface area contributed by atoms with Crippen LogP contribution in [0.15, 0.2) is 220 Å². The average Bonchev–Trinajstić information content (AvgIpc) is 1.62. The highest BCUT2D eigenvalue weighted by atomic mass is 32.2. The molecular formula is C88H83N9O11S12. The van der Waals surface area contributed by atoms with Crippen molar-refractivity contribution in [3.63, 3.8) is 0 Å². The highest BCUT2D eigenvalue weighted by Gasteiger charge is 2.27. The molecule has 32 heteroatoms. The Hall–Kier alpha value is -9.78. The molecule has 4 unspecified atom stereocenters. The van der Waals surface area contributed by atoms with Crippen LogP contribution in [-0.2, 0) is 67.0 Å². The van der Waals surface area contributed by atoms with Crippen LogP contribution in [0.4, 0.5) is 22.7 Å². The van der Waals surface area contributed by atoms with Crippen molar-refractivity contribution >= 4 is 215 Å². The van der Waals surface area contributed by atoms with Gasteiger partial charge in [0.05, 0.1) is 124 Å². The maximum atomic E-state index is 13.0. The topological polar surface area (TPSA) is 336 Å². The van der Waals surface area contributed by atoms with E-state index in [2.05, 4.69) is 60.4 Å². The van der Waals surface area contributed by atoms with E-state index < -0.39 is 49.2 Å². The van der Waals surface area contributed by atoms with Crippen molar-refractivity contribution in [2.45, 2.75) is 82.6 Å². The van der Waals surface area contributed by atoms with Crippen LogP contribution in [0.25, 0.3) is 128 Å². The molecule has 0 aliphatic carbocycles. The fraction of sp³-hybridized carbons (Fsp3) is 0.205. The number of benzene rings is 4. The third kappa shape index (κ3) is 21.2. The second-order valence-electron chi connectivity index (χ2n) is 26.8. The van der Waals surface area contributed by atoms with Crippen LogP contribution >= 0.6 is 90.7 Å². The predicted octanol–water partition coefficient (Wildman–Crippen LogP) is 21.6.